The fraction of sp³-hybridized carbons (Fsp3) is 0.300. The molecule has 2 unspecified atom stereocenters. The van der Waals surface area contributed by atoms with Crippen LogP contribution in [0.1, 0.15) is 11.1 Å². The molecule has 0 aliphatic carbocycles. The van der Waals surface area contributed by atoms with Gasteiger partial charge in [-0.2, -0.15) is 0 Å². The molecule has 0 radical (unpaired) electrons. The minimum absolute atomic E-state index is 0.364. The van der Waals surface area contributed by atoms with E-state index in [0.717, 1.165) is 11.1 Å². The number of benzene rings is 2. The zero-order chi connectivity index (χ0) is 19.9. The van der Waals surface area contributed by atoms with Gasteiger partial charge in [-0.3, -0.25) is 0 Å². The summed E-state index contributed by atoms with van der Waals surface area (Å²) in [5.74, 6) is -1.10. The topological polar surface area (TPSA) is 105 Å². The Labute approximate surface area is 164 Å². The van der Waals surface area contributed by atoms with E-state index >= 15 is 0 Å². The normalized spacial score (nSPS) is 13.5. The molecule has 7 heteroatoms. The standard InChI is InChI=1S/2C9H11NO2.2CH3.Sn/c2*10-8(9(11)12)6-7-4-2-1-3-5-7;;;/h2*1-5,8H,6,10H2,(H,11,12);2*1H3;/q;;;;+2/p-2. The molecule has 0 spiro atoms. The van der Waals surface area contributed by atoms with Gasteiger partial charge in [-0.1, -0.05) is 0 Å². The van der Waals surface area contributed by atoms with Crippen LogP contribution in [-0.2, 0) is 28.6 Å². The summed E-state index contributed by atoms with van der Waals surface area (Å²) in [5.41, 5.74) is 13.8. The van der Waals surface area contributed by atoms with Crippen molar-refractivity contribution in [3.05, 3.63) is 71.8 Å². The number of hydrogen-bond donors (Lipinski definition) is 2. The minimum atomic E-state index is -3.86. The van der Waals surface area contributed by atoms with Crippen LogP contribution in [0.5, 0.6) is 0 Å². The Kier molecular flexibility index (Phi) is 7.82. The van der Waals surface area contributed by atoms with E-state index in [9.17, 15) is 9.59 Å². The summed E-state index contributed by atoms with van der Waals surface area (Å²) in [4.78, 5) is 28.0. The fourth-order valence-electron chi connectivity index (χ4n) is 2.56. The van der Waals surface area contributed by atoms with Gasteiger partial charge in [0.1, 0.15) is 0 Å². The third kappa shape index (κ3) is 7.32. The summed E-state index contributed by atoms with van der Waals surface area (Å²) in [6.45, 7) is 0. The van der Waals surface area contributed by atoms with Crippen molar-refractivity contribution in [2.75, 3.05) is 0 Å². The molecule has 0 heterocycles. The quantitative estimate of drug-likeness (QED) is 0.564. The van der Waals surface area contributed by atoms with Crippen LogP contribution in [0.25, 0.3) is 0 Å². The molecule has 6 nitrogen and oxygen atoms in total. The molecule has 144 valence electrons. The number of nitrogens with two attached hydrogens (primary N) is 2. The van der Waals surface area contributed by atoms with Gasteiger partial charge < -0.3 is 0 Å². The van der Waals surface area contributed by atoms with E-state index in [0.29, 0.717) is 12.8 Å². The average Bonchev–Trinajstić information content (AvgIpc) is 2.62. The molecule has 27 heavy (non-hydrogen) atoms. The SMILES string of the molecule is [CH3][Sn]([CH3])([O]C(=O)C(N)Cc1ccccc1)[O]C(=O)C(N)Cc1ccccc1. The van der Waals surface area contributed by atoms with E-state index < -0.39 is 43.2 Å². The Hall–Kier alpha value is -1.90. The molecule has 0 bridgehead atoms. The van der Waals surface area contributed by atoms with E-state index in [1.807, 2.05) is 60.7 Å². The van der Waals surface area contributed by atoms with E-state index in [2.05, 4.69) is 0 Å². The van der Waals surface area contributed by atoms with Gasteiger partial charge >= 0.3 is 165 Å². The Balaban J connectivity index is 1.87. The molecule has 2 aromatic rings. The zero-order valence-electron chi connectivity index (χ0n) is 15.6. The van der Waals surface area contributed by atoms with Crippen molar-refractivity contribution in [1.82, 2.24) is 0 Å². The van der Waals surface area contributed by atoms with Gasteiger partial charge in [0.15, 0.2) is 0 Å². The van der Waals surface area contributed by atoms with Crippen LogP contribution in [0.2, 0.25) is 9.88 Å². The van der Waals surface area contributed by atoms with Crippen LogP contribution in [-0.4, -0.2) is 43.2 Å². The molecule has 0 saturated heterocycles. The molecule has 0 saturated carbocycles. The fourth-order valence-corrected chi connectivity index (χ4v) is 6.31. The van der Waals surface area contributed by atoms with Crippen LogP contribution in [0.4, 0.5) is 0 Å². The van der Waals surface area contributed by atoms with Crippen molar-refractivity contribution in [2.45, 2.75) is 34.8 Å². The predicted molar refractivity (Wildman–Crippen MR) is 106 cm³/mol. The van der Waals surface area contributed by atoms with Crippen LogP contribution in [0.15, 0.2) is 60.7 Å². The maximum absolute atomic E-state index is 12.3. The molecule has 4 N–H and O–H groups in total. The predicted octanol–water partition coefficient (Wildman–Crippen LogP) is 1.91. The third-order valence-electron chi connectivity index (χ3n) is 3.90. The zero-order valence-corrected chi connectivity index (χ0v) is 18.5. The first-order valence-corrected chi connectivity index (χ1v) is 16.9. The summed E-state index contributed by atoms with van der Waals surface area (Å²) < 4.78 is 11.0. The Morgan fingerprint density at radius 2 is 1.11 bits per heavy atom. The van der Waals surface area contributed by atoms with Crippen molar-refractivity contribution in [2.24, 2.45) is 11.5 Å². The molecule has 0 aliphatic heterocycles. The summed E-state index contributed by atoms with van der Waals surface area (Å²) in [7, 11) is 0. The van der Waals surface area contributed by atoms with Gasteiger partial charge in [-0.15, -0.1) is 0 Å². The maximum atomic E-state index is 12.3. The molecule has 0 fully saturated rings. The molecule has 2 atom stereocenters. The van der Waals surface area contributed by atoms with Gasteiger partial charge in [-0.25, -0.2) is 0 Å². The first-order chi connectivity index (χ1) is 12.8. The van der Waals surface area contributed by atoms with E-state index in [1.54, 1.807) is 9.88 Å². The van der Waals surface area contributed by atoms with Gasteiger partial charge in [-0.05, 0) is 0 Å². The van der Waals surface area contributed by atoms with Gasteiger partial charge in [0.05, 0.1) is 0 Å². The number of carbonyl (C=O) groups is 2. The number of carbonyl (C=O) groups excluding carboxylic acids is 2. The van der Waals surface area contributed by atoms with Crippen molar-refractivity contribution in [3.8, 4) is 0 Å². The summed E-state index contributed by atoms with van der Waals surface area (Å²) in [6, 6.07) is 17.3. The van der Waals surface area contributed by atoms with E-state index in [1.165, 1.54) is 0 Å². The Morgan fingerprint density at radius 3 is 1.44 bits per heavy atom. The van der Waals surface area contributed by atoms with Crippen LogP contribution in [0, 0.1) is 0 Å². The summed E-state index contributed by atoms with van der Waals surface area (Å²) in [6.07, 6.45) is 0.728. The van der Waals surface area contributed by atoms with Crippen molar-refractivity contribution in [1.29, 1.82) is 0 Å². The van der Waals surface area contributed by atoms with Gasteiger partial charge in [0.25, 0.3) is 0 Å². The summed E-state index contributed by atoms with van der Waals surface area (Å²) in [5, 5.41) is 0. The molecule has 0 aliphatic rings. The second kappa shape index (κ2) is 9.87. The second-order valence-corrected chi connectivity index (χ2v) is 16.0. The first-order valence-electron chi connectivity index (χ1n) is 8.81. The van der Waals surface area contributed by atoms with Crippen LogP contribution < -0.4 is 11.5 Å². The molecule has 2 rings (SSSR count). The Morgan fingerprint density at radius 1 is 0.778 bits per heavy atom. The van der Waals surface area contributed by atoms with E-state index in [4.69, 9.17) is 17.6 Å². The van der Waals surface area contributed by atoms with Gasteiger partial charge in [0.2, 0.25) is 0 Å². The van der Waals surface area contributed by atoms with Gasteiger partial charge in [0, 0.05) is 0 Å². The number of hydrogen-bond acceptors (Lipinski definition) is 6. The van der Waals surface area contributed by atoms with Crippen LogP contribution in [0.3, 0.4) is 0 Å². The second-order valence-electron chi connectivity index (χ2n) is 6.83. The molecule has 0 amide bonds. The first kappa shape index (κ1) is 21.4. The monoisotopic (exact) mass is 478 g/mol. The van der Waals surface area contributed by atoms with E-state index in [-0.39, 0.29) is 0 Å². The summed E-state index contributed by atoms with van der Waals surface area (Å²) >= 11 is -3.86. The molecular weight excluding hydrogens is 451 g/mol. The van der Waals surface area contributed by atoms with Crippen molar-refractivity contribution < 1.29 is 15.7 Å². The van der Waals surface area contributed by atoms with Crippen molar-refractivity contribution in [3.63, 3.8) is 0 Å². The van der Waals surface area contributed by atoms with Crippen molar-refractivity contribution >= 4 is 31.1 Å². The average molecular weight is 477 g/mol. The molecule has 2 aromatic carbocycles. The number of rotatable bonds is 8. The third-order valence-corrected chi connectivity index (χ3v) is 7.85. The van der Waals surface area contributed by atoms with Crippen LogP contribution >= 0.6 is 0 Å². The molecular formula is C20H26N2O4Sn. The molecule has 0 aromatic heterocycles. The Bertz CT molecular complexity index is 690.